The maximum Gasteiger partial charge on any atom is 0.255 e. The van der Waals surface area contributed by atoms with Crippen LogP contribution in [0.2, 0.25) is 0 Å². The molecule has 0 fully saturated rings. The van der Waals surface area contributed by atoms with Gasteiger partial charge in [0.25, 0.3) is 5.91 Å². The van der Waals surface area contributed by atoms with Crippen LogP contribution in [-0.2, 0) is 4.79 Å². The van der Waals surface area contributed by atoms with Crippen molar-refractivity contribution < 1.29 is 14.3 Å². The molecule has 154 valence electrons. The highest BCUT2D eigenvalue weighted by molar-refractivity contribution is 7.26. The summed E-state index contributed by atoms with van der Waals surface area (Å²) in [5, 5.41) is 3.55. The summed E-state index contributed by atoms with van der Waals surface area (Å²) in [6.45, 7) is -0.0532. The first-order chi connectivity index (χ1) is 14.6. The van der Waals surface area contributed by atoms with E-state index in [1.54, 1.807) is 12.1 Å². The summed E-state index contributed by atoms with van der Waals surface area (Å²) >= 11 is 1.53. The van der Waals surface area contributed by atoms with Crippen molar-refractivity contribution in [3.63, 3.8) is 0 Å². The van der Waals surface area contributed by atoms with E-state index in [0.29, 0.717) is 23.4 Å². The Morgan fingerprint density at radius 3 is 2.63 bits per heavy atom. The molecule has 0 spiro atoms. The lowest BCUT2D eigenvalue weighted by Crippen LogP contribution is -2.25. The lowest BCUT2D eigenvalue weighted by molar-refractivity contribution is -0.107. The molecule has 5 N–H and O–H groups in total. The van der Waals surface area contributed by atoms with E-state index >= 15 is 0 Å². The number of ether oxygens (including phenoxy) is 1. The Morgan fingerprint density at radius 2 is 1.90 bits per heavy atom. The van der Waals surface area contributed by atoms with Crippen LogP contribution in [0, 0.1) is 0 Å². The molecular formula is C21H21N5O3S. The molecule has 4 aromatic rings. The number of nitrogens with two attached hydrogens (primary N) is 2. The molecule has 0 aliphatic carbocycles. The van der Waals surface area contributed by atoms with Crippen molar-refractivity contribution in [3.05, 3.63) is 48.3 Å². The number of thiophene rings is 1. The molecule has 30 heavy (non-hydrogen) atoms. The van der Waals surface area contributed by atoms with Crippen LogP contribution in [0.3, 0.4) is 0 Å². The quantitative estimate of drug-likeness (QED) is 0.420. The van der Waals surface area contributed by atoms with Gasteiger partial charge in [0, 0.05) is 10.1 Å². The number of nitrogens with one attached hydrogen (secondary N) is 1. The van der Waals surface area contributed by atoms with Crippen molar-refractivity contribution in [2.45, 2.75) is 0 Å². The second-order valence-corrected chi connectivity index (χ2v) is 7.09. The molecule has 0 aliphatic heterocycles. The summed E-state index contributed by atoms with van der Waals surface area (Å²) in [5.41, 5.74) is 13.5. The van der Waals surface area contributed by atoms with E-state index in [4.69, 9.17) is 10.5 Å². The number of carbonyl (C=O) groups excluding carboxylic acids is 2. The third kappa shape index (κ3) is 3.93. The molecule has 0 aliphatic rings. The molecule has 8 nitrogen and oxygen atoms in total. The number of fused-ring (bicyclic) bond motifs is 3. The third-order valence-electron chi connectivity index (χ3n) is 4.40. The predicted octanol–water partition coefficient (Wildman–Crippen LogP) is 2.61. The first-order valence-corrected chi connectivity index (χ1v) is 9.84. The lowest BCUT2D eigenvalue weighted by Gasteiger charge is -2.11. The van der Waals surface area contributed by atoms with E-state index in [1.165, 1.54) is 31.8 Å². The average molecular weight is 423 g/mol. The Bertz CT molecular complexity index is 1220. The highest BCUT2D eigenvalue weighted by Crippen LogP contribution is 2.37. The fourth-order valence-corrected chi connectivity index (χ4v) is 4.16. The van der Waals surface area contributed by atoms with Gasteiger partial charge in [-0.1, -0.05) is 18.2 Å². The molecule has 4 rings (SSSR count). The number of nitrogens with zero attached hydrogens (tertiary/aromatic N) is 2. The van der Waals surface area contributed by atoms with Gasteiger partial charge in [-0.05, 0) is 36.4 Å². The highest BCUT2D eigenvalue weighted by Gasteiger charge is 2.15. The minimum absolute atomic E-state index is 0.0532. The van der Waals surface area contributed by atoms with Crippen LogP contribution in [0.25, 0.3) is 31.4 Å². The van der Waals surface area contributed by atoms with E-state index in [2.05, 4.69) is 21.0 Å². The van der Waals surface area contributed by atoms with E-state index in [9.17, 15) is 9.59 Å². The molecule has 0 unspecified atom stereocenters. The number of amides is 1. The molecule has 2 heterocycles. The maximum absolute atomic E-state index is 12.4. The molecule has 0 saturated heterocycles. The molecule has 2 aromatic heterocycles. The normalized spacial score (nSPS) is 10.4. The van der Waals surface area contributed by atoms with Gasteiger partial charge in [0.1, 0.15) is 24.2 Å². The van der Waals surface area contributed by atoms with Crippen molar-refractivity contribution in [2.75, 3.05) is 26.4 Å². The van der Waals surface area contributed by atoms with Gasteiger partial charge in [-0.3, -0.25) is 4.79 Å². The SMILES string of the molecule is CN.COc1ccc(-c2ccc3c(c2)sc2c(N)ncnc23)cc1C(=O)NCC=O. The largest absolute Gasteiger partial charge is 0.496 e. The van der Waals surface area contributed by atoms with Gasteiger partial charge in [0.05, 0.1) is 29.4 Å². The Labute approximate surface area is 176 Å². The number of aromatic nitrogens is 2. The van der Waals surface area contributed by atoms with Gasteiger partial charge in [0.2, 0.25) is 0 Å². The first-order valence-electron chi connectivity index (χ1n) is 9.03. The number of nitrogen functional groups attached to an aromatic ring is 1. The van der Waals surface area contributed by atoms with Gasteiger partial charge in [-0.2, -0.15) is 0 Å². The Hall–Kier alpha value is -3.56. The number of anilines is 1. The number of benzene rings is 2. The van der Waals surface area contributed by atoms with Gasteiger partial charge >= 0.3 is 0 Å². The van der Waals surface area contributed by atoms with Crippen LogP contribution < -0.4 is 21.5 Å². The topological polar surface area (TPSA) is 133 Å². The van der Waals surface area contributed by atoms with Crippen molar-refractivity contribution in [3.8, 4) is 16.9 Å². The van der Waals surface area contributed by atoms with Crippen LogP contribution in [0.1, 0.15) is 10.4 Å². The average Bonchev–Trinajstić information content (AvgIpc) is 3.17. The van der Waals surface area contributed by atoms with Gasteiger partial charge in [-0.25, -0.2) is 9.97 Å². The van der Waals surface area contributed by atoms with Crippen LogP contribution in [0.5, 0.6) is 5.75 Å². The number of hydrogen-bond donors (Lipinski definition) is 3. The molecule has 0 atom stereocenters. The summed E-state index contributed by atoms with van der Waals surface area (Å²) in [5.74, 6) is 0.543. The molecule has 0 radical (unpaired) electrons. The predicted molar refractivity (Wildman–Crippen MR) is 120 cm³/mol. The minimum atomic E-state index is -0.364. The van der Waals surface area contributed by atoms with Gasteiger partial charge in [-0.15, -0.1) is 11.3 Å². The molecule has 1 amide bonds. The zero-order valence-electron chi connectivity index (χ0n) is 16.5. The maximum atomic E-state index is 12.4. The second-order valence-electron chi connectivity index (χ2n) is 6.04. The first kappa shape index (κ1) is 21.2. The van der Waals surface area contributed by atoms with Crippen LogP contribution in [0.4, 0.5) is 5.82 Å². The van der Waals surface area contributed by atoms with E-state index in [0.717, 1.165) is 31.4 Å². The zero-order valence-corrected chi connectivity index (χ0v) is 17.3. The van der Waals surface area contributed by atoms with Crippen LogP contribution in [0.15, 0.2) is 42.7 Å². The standard InChI is InChI=1S/C20H16N4O3S.CH5N/c1-27-15-5-3-11(8-14(15)20(26)22-6-7-25)12-2-4-13-16(9-12)28-18-17(13)23-10-24-19(18)21;1-2/h2-5,7-10H,6H2,1H3,(H,22,26)(H2,21,23,24);2H2,1H3. The second kappa shape index (κ2) is 9.29. The molecule has 9 heteroatoms. The van der Waals surface area contributed by atoms with Crippen LogP contribution in [-0.4, -0.2) is 42.9 Å². The minimum Gasteiger partial charge on any atom is -0.496 e. The molecule has 0 bridgehead atoms. The van der Waals surface area contributed by atoms with Crippen molar-refractivity contribution in [1.82, 2.24) is 15.3 Å². The summed E-state index contributed by atoms with van der Waals surface area (Å²) in [6, 6.07) is 11.4. The summed E-state index contributed by atoms with van der Waals surface area (Å²) in [6.07, 6.45) is 2.10. The summed E-state index contributed by atoms with van der Waals surface area (Å²) < 4.78 is 7.17. The van der Waals surface area contributed by atoms with E-state index in [-0.39, 0.29) is 12.5 Å². The third-order valence-corrected chi connectivity index (χ3v) is 5.57. The molecular weight excluding hydrogens is 402 g/mol. The molecule has 0 saturated carbocycles. The van der Waals surface area contributed by atoms with Gasteiger partial charge < -0.3 is 26.3 Å². The van der Waals surface area contributed by atoms with Crippen molar-refractivity contribution in [2.24, 2.45) is 5.73 Å². The van der Waals surface area contributed by atoms with Gasteiger partial charge in [0.15, 0.2) is 0 Å². The lowest BCUT2D eigenvalue weighted by atomic mass is 10.0. The monoisotopic (exact) mass is 423 g/mol. The fourth-order valence-electron chi connectivity index (χ4n) is 3.07. The zero-order chi connectivity index (χ0) is 21.7. The smallest absolute Gasteiger partial charge is 0.255 e. The highest BCUT2D eigenvalue weighted by atomic mass is 32.1. The van der Waals surface area contributed by atoms with E-state index in [1.807, 2.05) is 24.3 Å². The van der Waals surface area contributed by atoms with E-state index < -0.39 is 0 Å². The number of carbonyl (C=O) groups is 2. The van der Waals surface area contributed by atoms with Crippen molar-refractivity contribution in [1.29, 1.82) is 0 Å². The Kier molecular flexibility index (Phi) is 6.55. The number of hydrogen-bond acceptors (Lipinski definition) is 8. The Morgan fingerprint density at radius 1 is 1.17 bits per heavy atom. The number of aldehydes is 1. The van der Waals surface area contributed by atoms with Crippen LogP contribution >= 0.6 is 11.3 Å². The number of rotatable bonds is 5. The summed E-state index contributed by atoms with van der Waals surface area (Å²) in [7, 11) is 3.00. The van der Waals surface area contributed by atoms with Crippen molar-refractivity contribution >= 4 is 49.7 Å². The fraction of sp³-hybridized carbons (Fsp3) is 0.143. The Balaban J connectivity index is 0.00000124. The summed E-state index contributed by atoms with van der Waals surface area (Å²) in [4.78, 5) is 31.3. The molecule has 2 aromatic carbocycles. The number of methoxy groups -OCH3 is 1.